The molecule has 0 radical (unpaired) electrons. The summed E-state index contributed by atoms with van der Waals surface area (Å²) >= 11 is 0. The molecular formula is C54H35NO. The summed E-state index contributed by atoms with van der Waals surface area (Å²) in [4.78, 5) is 0. The zero-order valence-corrected chi connectivity index (χ0v) is 30.6. The number of fused-ring (bicyclic) bond motifs is 6. The smallest absolute Gasteiger partial charge is 0.143 e. The predicted octanol–water partition coefficient (Wildman–Crippen LogP) is 15.0. The summed E-state index contributed by atoms with van der Waals surface area (Å²) in [5, 5.41) is 4.72. The Balaban J connectivity index is 1.13. The third-order valence-electron chi connectivity index (χ3n) is 11.2. The third-order valence-corrected chi connectivity index (χ3v) is 11.2. The fraction of sp³-hybridized carbons (Fsp3) is 0. The van der Waals surface area contributed by atoms with E-state index in [9.17, 15) is 0 Å². The average Bonchev–Trinajstić information content (AvgIpc) is 3.82. The van der Waals surface area contributed by atoms with Crippen LogP contribution in [0.15, 0.2) is 217 Å². The quantitative estimate of drug-likeness (QED) is 0.168. The van der Waals surface area contributed by atoms with Gasteiger partial charge in [-0.05, 0) is 105 Å². The fourth-order valence-electron chi connectivity index (χ4n) is 8.44. The highest BCUT2D eigenvalue weighted by atomic mass is 16.3. The molecule has 0 atom stereocenters. The lowest BCUT2D eigenvalue weighted by Crippen LogP contribution is -1.93. The summed E-state index contributed by atoms with van der Waals surface area (Å²) < 4.78 is 9.00. The monoisotopic (exact) mass is 713 g/mol. The first-order valence-corrected chi connectivity index (χ1v) is 19.2. The van der Waals surface area contributed by atoms with Gasteiger partial charge < -0.3 is 8.98 Å². The van der Waals surface area contributed by atoms with Crippen molar-refractivity contribution in [3.8, 4) is 61.3 Å². The molecule has 56 heavy (non-hydrogen) atoms. The van der Waals surface area contributed by atoms with Crippen LogP contribution in [0, 0.1) is 0 Å². The molecule has 2 nitrogen and oxygen atoms in total. The van der Waals surface area contributed by atoms with Gasteiger partial charge in [0.25, 0.3) is 0 Å². The zero-order chi connectivity index (χ0) is 37.0. The van der Waals surface area contributed by atoms with E-state index in [4.69, 9.17) is 4.42 Å². The summed E-state index contributed by atoms with van der Waals surface area (Å²) in [5.74, 6) is 0. The van der Waals surface area contributed by atoms with E-state index in [0.29, 0.717) is 0 Å². The molecule has 0 aliphatic rings. The van der Waals surface area contributed by atoms with E-state index in [2.05, 4.69) is 211 Å². The Morgan fingerprint density at radius 1 is 0.286 bits per heavy atom. The van der Waals surface area contributed by atoms with Crippen LogP contribution in [0.25, 0.3) is 105 Å². The van der Waals surface area contributed by atoms with E-state index in [1.807, 2.05) is 6.07 Å². The Kier molecular flexibility index (Phi) is 7.53. The lowest BCUT2D eigenvalue weighted by atomic mass is 9.91. The molecule has 0 aliphatic heterocycles. The molecule has 11 aromatic rings. The Labute approximate surface area is 325 Å². The van der Waals surface area contributed by atoms with Crippen LogP contribution >= 0.6 is 0 Å². The lowest BCUT2D eigenvalue weighted by Gasteiger charge is -2.13. The van der Waals surface area contributed by atoms with E-state index in [0.717, 1.165) is 61.0 Å². The van der Waals surface area contributed by atoms with Gasteiger partial charge >= 0.3 is 0 Å². The van der Waals surface area contributed by atoms with Gasteiger partial charge in [0.15, 0.2) is 0 Å². The van der Waals surface area contributed by atoms with Crippen molar-refractivity contribution in [2.75, 3.05) is 0 Å². The molecule has 0 spiro atoms. The lowest BCUT2D eigenvalue weighted by molar-refractivity contribution is 0.670. The van der Waals surface area contributed by atoms with Crippen LogP contribution in [0.5, 0.6) is 0 Å². The van der Waals surface area contributed by atoms with Crippen LogP contribution in [-0.4, -0.2) is 4.57 Å². The molecule has 2 heterocycles. The average molecular weight is 714 g/mol. The van der Waals surface area contributed by atoms with E-state index in [1.54, 1.807) is 0 Å². The topological polar surface area (TPSA) is 18.1 Å². The van der Waals surface area contributed by atoms with E-state index >= 15 is 0 Å². The van der Waals surface area contributed by atoms with Crippen molar-refractivity contribution in [2.45, 2.75) is 0 Å². The summed E-state index contributed by atoms with van der Waals surface area (Å²) in [7, 11) is 0. The number of nitrogens with zero attached hydrogens (tertiary/aromatic N) is 1. The highest BCUT2D eigenvalue weighted by Crippen LogP contribution is 2.41. The Hall–Kier alpha value is -7.42. The molecular weight excluding hydrogens is 679 g/mol. The van der Waals surface area contributed by atoms with Crippen LogP contribution in [0.1, 0.15) is 0 Å². The summed E-state index contributed by atoms with van der Waals surface area (Å²) in [5.41, 5.74) is 17.0. The summed E-state index contributed by atoms with van der Waals surface area (Å²) in [6.07, 6.45) is 0. The van der Waals surface area contributed by atoms with Gasteiger partial charge in [0.2, 0.25) is 0 Å². The fourth-order valence-corrected chi connectivity index (χ4v) is 8.44. The van der Waals surface area contributed by atoms with Gasteiger partial charge in [-0.1, -0.05) is 158 Å². The number of benzene rings is 9. The first-order valence-electron chi connectivity index (χ1n) is 19.2. The SMILES string of the molecule is c1ccc(-c2ccc(-c3cc(-c4ccc5c6cc(-c7ccccc7)ccc6n(-c6ccccc6)c5c4)cc(-c4cccc5c4oc4ccccc45)c3)cc2)cc1. The van der Waals surface area contributed by atoms with E-state index < -0.39 is 0 Å². The Morgan fingerprint density at radius 2 is 0.821 bits per heavy atom. The van der Waals surface area contributed by atoms with Gasteiger partial charge in [0, 0.05) is 32.8 Å². The number of hydrogen-bond donors (Lipinski definition) is 0. The first kappa shape index (κ1) is 32.0. The summed E-state index contributed by atoms with van der Waals surface area (Å²) in [6.45, 7) is 0. The zero-order valence-electron chi connectivity index (χ0n) is 30.6. The van der Waals surface area contributed by atoms with Crippen LogP contribution in [0.4, 0.5) is 0 Å². The molecule has 0 fully saturated rings. The van der Waals surface area contributed by atoms with Crippen molar-refractivity contribution in [3.63, 3.8) is 0 Å². The van der Waals surface area contributed by atoms with Crippen LogP contribution in [-0.2, 0) is 0 Å². The minimum atomic E-state index is 0.900. The molecule has 0 unspecified atom stereocenters. The van der Waals surface area contributed by atoms with E-state index in [1.165, 1.54) is 44.1 Å². The maximum Gasteiger partial charge on any atom is 0.143 e. The number of rotatable bonds is 6. The molecule has 9 aromatic carbocycles. The maximum atomic E-state index is 6.59. The predicted molar refractivity (Wildman–Crippen MR) is 235 cm³/mol. The van der Waals surface area contributed by atoms with Gasteiger partial charge in [-0.2, -0.15) is 0 Å². The second kappa shape index (κ2) is 13.2. The molecule has 2 heteroatoms. The standard InChI is InChI=1S/C54H35NO/c1-4-13-36(14-5-1)38-23-25-39(26-24-38)42-31-43(33-44(32-42)46-20-12-21-49-48-19-10-11-22-53(48)56-54(46)49)41-27-29-47-50-34-40(37-15-6-2-7-16-37)28-30-51(50)55(52(47)35-41)45-17-8-3-9-18-45/h1-35H. The van der Waals surface area contributed by atoms with E-state index in [-0.39, 0.29) is 0 Å². The van der Waals surface area contributed by atoms with Crippen molar-refractivity contribution < 1.29 is 4.42 Å². The molecule has 2 aromatic heterocycles. The largest absolute Gasteiger partial charge is 0.455 e. The highest BCUT2D eigenvalue weighted by molar-refractivity contribution is 6.12. The van der Waals surface area contributed by atoms with Gasteiger partial charge in [-0.15, -0.1) is 0 Å². The van der Waals surface area contributed by atoms with Gasteiger partial charge in [0.1, 0.15) is 11.2 Å². The molecule has 0 aliphatic carbocycles. The molecule has 0 amide bonds. The van der Waals surface area contributed by atoms with Crippen LogP contribution in [0.3, 0.4) is 0 Å². The molecule has 0 bridgehead atoms. The highest BCUT2D eigenvalue weighted by Gasteiger charge is 2.18. The normalized spacial score (nSPS) is 11.6. The third kappa shape index (κ3) is 5.42. The van der Waals surface area contributed by atoms with Gasteiger partial charge in [-0.3, -0.25) is 0 Å². The molecule has 0 saturated carbocycles. The second-order valence-corrected chi connectivity index (χ2v) is 14.5. The van der Waals surface area contributed by atoms with Crippen molar-refractivity contribution in [1.29, 1.82) is 0 Å². The molecule has 262 valence electrons. The summed E-state index contributed by atoms with van der Waals surface area (Å²) in [6, 6.07) is 76.5. The van der Waals surface area contributed by atoms with Crippen molar-refractivity contribution in [3.05, 3.63) is 212 Å². The minimum Gasteiger partial charge on any atom is -0.455 e. The number of hydrogen-bond acceptors (Lipinski definition) is 1. The molecule has 11 rings (SSSR count). The van der Waals surface area contributed by atoms with Gasteiger partial charge in [0.05, 0.1) is 11.0 Å². The first-order chi connectivity index (χ1) is 27.7. The molecule has 0 N–H and O–H groups in total. The number of furan rings is 1. The van der Waals surface area contributed by atoms with Crippen LogP contribution < -0.4 is 0 Å². The van der Waals surface area contributed by atoms with Crippen molar-refractivity contribution in [1.82, 2.24) is 4.57 Å². The number of para-hydroxylation sites is 3. The maximum absolute atomic E-state index is 6.59. The van der Waals surface area contributed by atoms with Gasteiger partial charge in [-0.25, -0.2) is 0 Å². The minimum absolute atomic E-state index is 0.900. The van der Waals surface area contributed by atoms with Crippen LogP contribution in [0.2, 0.25) is 0 Å². The van der Waals surface area contributed by atoms with Crippen molar-refractivity contribution >= 4 is 43.7 Å². The Morgan fingerprint density at radius 3 is 1.57 bits per heavy atom. The number of aromatic nitrogens is 1. The second-order valence-electron chi connectivity index (χ2n) is 14.5. The molecule has 0 saturated heterocycles. The van der Waals surface area contributed by atoms with Crippen molar-refractivity contribution in [2.24, 2.45) is 0 Å². The Bertz CT molecular complexity index is 3210.